The van der Waals surface area contributed by atoms with Crippen molar-refractivity contribution in [1.29, 1.82) is 0 Å². The van der Waals surface area contributed by atoms with Crippen molar-refractivity contribution in [2.75, 3.05) is 5.75 Å². The van der Waals surface area contributed by atoms with E-state index < -0.39 is 11.2 Å². The third kappa shape index (κ3) is 1.33. The zero-order valence-corrected chi connectivity index (χ0v) is 4.52. The molecular formula is C4H5NOS. The molecule has 7 heavy (non-hydrogen) atoms. The molecule has 0 radical (unpaired) electrons. The van der Waals surface area contributed by atoms with Crippen LogP contribution in [-0.2, 0) is 11.2 Å². The first-order valence-electron chi connectivity index (χ1n) is 1.95. The lowest BCUT2D eigenvalue weighted by Crippen LogP contribution is -2.05. The van der Waals surface area contributed by atoms with Crippen LogP contribution >= 0.6 is 0 Å². The molecule has 0 aromatic carbocycles. The number of nitrogens with zero attached hydrogens (tertiary/aromatic N) is 1. The lowest BCUT2D eigenvalue weighted by Gasteiger charge is -2.01. The molecule has 0 fully saturated rings. The Labute approximate surface area is 45.1 Å². The molecule has 0 bridgehead atoms. The number of hydrogen-bond acceptors (Lipinski definition) is 2. The Kier molecular flexibility index (Phi) is 1.49. The first-order valence-corrected chi connectivity index (χ1v) is 3.33. The molecule has 0 aromatic heterocycles. The molecule has 0 spiro atoms. The third-order valence-electron chi connectivity index (χ3n) is 0.643. The van der Waals surface area contributed by atoms with Crippen LogP contribution in [0.2, 0.25) is 0 Å². The fraction of sp³-hybridized carbons (Fsp3) is 0.250. The molecule has 38 valence electrons. The van der Waals surface area contributed by atoms with E-state index in [1.54, 1.807) is 17.8 Å². The highest BCUT2D eigenvalue weighted by Gasteiger charge is 1.98. The molecule has 2 nitrogen and oxygen atoms in total. The van der Waals surface area contributed by atoms with Crippen molar-refractivity contribution in [1.82, 2.24) is 0 Å². The van der Waals surface area contributed by atoms with Gasteiger partial charge in [0.15, 0.2) is 0 Å². The van der Waals surface area contributed by atoms with E-state index in [9.17, 15) is 4.55 Å². The van der Waals surface area contributed by atoms with Crippen LogP contribution in [0.4, 0.5) is 0 Å². The van der Waals surface area contributed by atoms with E-state index in [4.69, 9.17) is 0 Å². The number of rotatable bonds is 0. The van der Waals surface area contributed by atoms with Crippen LogP contribution in [0.5, 0.6) is 0 Å². The van der Waals surface area contributed by atoms with Crippen molar-refractivity contribution in [3.05, 3.63) is 11.6 Å². The van der Waals surface area contributed by atoms with Crippen molar-refractivity contribution < 1.29 is 4.55 Å². The summed E-state index contributed by atoms with van der Waals surface area (Å²) >= 11 is -0.770. The second-order valence-electron chi connectivity index (χ2n) is 1.16. The average molecular weight is 115 g/mol. The molecule has 1 atom stereocenters. The molecule has 0 amide bonds. The molecule has 0 saturated heterocycles. The van der Waals surface area contributed by atoms with Crippen LogP contribution in [0.1, 0.15) is 0 Å². The van der Waals surface area contributed by atoms with Gasteiger partial charge in [0.25, 0.3) is 0 Å². The van der Waals surface area contributed by atoms with Gasteiger partial charge in [0.2, 0.25) is 0 Å². The Hall–Kier alpha value is -0.280. The van der Waals surface area contributed by atoms with E-state index in [0.717, 1.165) is 0 Å². The Morgan fingerprint density at radius 3 is 2.86 bits per heavy atom. The maximum atomic E-state index is 10.4. The van der Waals surface area contributed by atoms with Gasteiger partial charge in [-0.05, 0) is 11.2 Å². The molecule has 1 rings (SSSR count). The van der Waals surface area contributed by atoms with E-state index in [2.05, 4.69) is 4.99 Å². The predicted octanol–water partition coefficient (Wildman–Crippen LogP) is 0.291. The first kappa shape index (κ1) is 4.87. The largest absolute Gasteiger partial charge is 0.612 e. The van der Waals surface area contributed by atoms with Crippen LogP contribution < -0.4 is 0 Å². The zero-order valence-electron chi connectivity index (χ0n) is 3.70. The summed E-state index contributed by atoms with van der Waals surface area (Å²) in [5.74, 6) is 0.580. The summed E-state index contributed by atoms with van der Waals surface area (Å²) in [6, 6.07) is 0. The molecule has 3 heteroatoms. The third-order valence-corrected chi connectivity index (χ3v) is 1.55. The summed E-state index contributed by atoms with van der Waals surface area (Å²) in [6.07, 6.45) is 3.20. The maximum Gasteiger partial charge on any atom is 0.145 e. The van der Waals surface area contributed by atoms with Gasteiger partial charge in [-0.3, -0.25) is 4.99 Å². The highest BCUT2D eigenvalue weighted by Crippen LogP contribution is 1.95. The van der Waals surface area contributed by atoms with Crippen LogP contribution in [0, 0.1) is 0 Å². The van der Waals surface area contributed by atoms with Gasteiger partial charge in [0.05, 0.1) is 12.4 Å². The standard InChI is InChI=1S/C4H5NOS/c6-7-3-1-5-2-4-7/h1-3H,4H2. The molecule has 1 aliphatic heterocycles. The summed E-state index contributed by atoms with van der Waals surface area (Å²) in [6.45, 7) is 0. The molecule has 0 N–H and O–H groups in total. The molecule has 1 aliphatic rings. The van der Waals surface area contributed by atoms with Crippen LogP contribution in [0.3, 0.4) is 0 Å². The molecule has 0 aromatic rings. The van der Waals surface area contributed by atoms with Gasteiger partial charge in [-0.2, -0.15) is 0 Å². The van der Waals surface area contributed by atoms with E-state index in [1.165, 1.54) is 0 Å². The van der Waals surface area contributed by atoms with Gasteiger partial charge >= 0.3 is 0 Å². The minimum absolute atomic E-state index is 0.580. The minimum Gasteiger partial charge on any atom is -0.612 e. The SMILES string of the molecule is [O-][S+]1C=CN=CC1. The minimum atomic E-state index is -0.770. The number of aliphatic imine (C=N–C) groups is 1. The van der Waals surface area contributed by atoms with E-state index >= 15 is 0 Å². The molecular weight excluding hydrogens is 110 g/mol. The van der Waals surface area contributed by atoms with Gasteiger partial charge in [-0.25, -0.2) is 0 Å². The Morgan fingerprint density at radius 2 is 2.57 bits per heavy atom. The first-order chi connectivity index (χ1) is 3.39. The normalized spacial score (nSPS) is 28.4. The zero-order chi connectivity index (χ0) is 5.11. The molecule has 1 heterocycles. The Balaban J connectivity index is 2.49. The molecule has 0 aliphatic carbocycles. The fourth-order valence-electron chi connectivity index (χ4n) is 0.336. The highest BCUT2D eigenvalue weighted by molar-refractivity contribution is 7.94. The topological polar surface area (TPSA) is 35.4 Å². The summed E-state index contributed by atoms with van der Waals surface area (Å²) < 4.78 is 10.4. The Morgan fingerprint density at radius 1 is 1.71 bits per heavy atom. The van der Waals surface area contributed by atoms with E-state index in [1.807, 2.05) is 0 Å². The van der Waals surface area contributed by atoms with Gasteiger partial charge < -0.3 is 4.55 Å². The van der Waals surface area contributed by atoms with Crippen LogP contribution in [0.25, 0.3) is 0 Å². The summed E-state index contributed by atoms with van der Waals surface area (Å²) in [5.41, 5.74) is 0. The summed E-state index contributed by atoms with van der Waals surface area (Å²) in [7, 11) is 0. The summed E-state index contributed by atoms with van der Waals surface area (Å²) in [5, 5.41) is 1.58. The second-order valence-corrected chi connectivity index (χ2v) is 2.53. The quantitative estimate of drug-likeness (QED) is 0.418. The van der Waals surface area contributed by atoms with Gasteiger partial charge in [0, 0.05) is 0 Å². The average Bonchev–Trinajstić information content (AvgIpc) is 1.69. The lowest BCUT2D eigenvalue weighted by atomic mass is 10.8. The van der Waals surface area contributed by atoms with Crippen molar-refractivity contribution in [3.8, 4) is 0 Å². The second kappa shape index (κ2) is 2.14. The predicted molar refractivity (Wildman–Crippen MR) is 30.6 cm³/mol. The highest BCUT2D eigenvalue weighted by atomic mass is 32.2. The van der Waals surface area contributed by atoms with Gasteiger partial charge in [-0.1, -0.05) is 0 Å². The van der Waals surface area contributed by atoms with Gasteiger partial charge in [-0.15, -0.1) is 0 Å². The van der Waals surface area contributed by atoms with Crippen LogP contribution in [-0.4, -0.2) is 16.5 Å². The van der Waals surface area contributed by atoms with Crippen molar-refractivity contribution >= 4 is 17.4 Å². The Bertz CT molecular complexity index is 110. The molecule has 0 saturated carbocycles. The smallest absolute Gasteiger partial charge is 0.145 e. The lowest BCUT2D eigenvalue weighted by molar-refractivity contribution is 0.607. The van der Waals surface area contributed by atoms with E-state index in [-0.39, 0.29) is 0 Å². The summed E-state index contributed by atoms with van der Waals surface area (Å²) in [4.78, 5) is 3.73. The fourth-order valence-corrected chi connectivity index (χ4v) is 0.886. The monoisotopic (exact) mass is 115 g/mol. The van der Waals surface area contributed by atoms with Crippen molar-refractivity contribution in [2.45, 2.75) is 0 Å². The van der Waals surface area contributed by atoms with Crippen molar-refractivity contribution in [3.63, 3.8) is 0 Å². The van der Waals surface area contributed by atoms with Crippen LogP contribution in [0.15, 0.2) is 16.6 Å². The van der Waals surface area contributed by atoms with E-state index in [0.29, 0.717) is 5.75 Å². The maximum absolute atomic E-state index is 10.4. The van der Waals surface area contributed by atoms with Gasteiger partial charge in [0.1, 0.15) is 11.2 Å². The molecule has 1 unspecified atom stereocenters. The number of hydrogen-bond donors (Lipinski definition) is 0. The van der Waals surface area contributed by atoms with Crippen molar-refractivity contribution in [2.24, 2.45) is 4.99 Å².